The number of ether oxygens (including phenoxy) is 3. The van der Waals surface area contributed by atoms with Crippen LogP contribution in [0.25, 0.3) is 11.3 Å². The van der Waals surface area contributed by atoms with Crippen LogP contribution in [0.4, 0.5) is 0 Å². The van der Waals surface area contributed by atoms with Crippen molar-refractivity contribution < 1.29 is 45.9 Å². The third-order valence-corrected chi connectivity index (χ3v) is 10.3. The number of fused-ring (bicyclic) bond motifs is 4. The zero-order chi connectivity index (χ0) is 31.5. The minimum atomic E-state index is -3.88. The maximum absolute atomic E-state index is 13.4. The number of hydrogen-bond donors (Lipinski definition) is 1. The van der Waals surface area contributed by atoms with Gasteiger partial charge < -0.3 is 23.7 Å². The van der Waals surface area contributed by atoms with Crippen LogP contribution >= 0.6 is 0 Å². The summed E-state index contributed by atoms with van der Waals surface area (Å²) in [6.45, 7) is 7.70. The number of nitrogens with zero attached hydrogens (tertiary/aromatic N) is 1. The predicted octanol–water partition coefficient (Wildman–Crippen LogP) is 3.17. The minimum Gasteiger partial charge on any atom is -0.482 e. The summed E-state index contributed by atoms with van der Waals surface area (Å²) in [4.78, 5) is 42.1. The van der Waals surface area contributed by atoms with Crippen LogP contribution in [0.5, 0.6) is 5.75 Å². The Hall–Kier alpha value is -3.29. The molecule has 0 bridgehead atoms. The summed E-state index contributed by atoms with van der Waals surface area (Å²) < 4.78 is 53.4. The van der Waals surface area contributed by atoms with Crippen molar-refractivity contribution in [3.8, 4) is 17.1 Å². The predicted molar refractivity (Wildman–Crippen MR) is 151 cm³/mol. The molecule has 3 heterocycles. The molecule has 12 nitrogen and oxygen atoms in total. The molecule has 1 aliphatic heterocycles. The summed E-state index contributed by atoms with van der Waals surface area (Å²) in [5, 5.41) is 12.1. The molecular weight excluding hydrogens is 582 g/mol. The third-order valence-electron chi connectivity index (χ3n) is 9.73. The normalized spacial score (nSPS) is 35.0. The number of aliphatic hydroxyl groups is 1. The molecule has 234 valence electrons. The van der Waals surface area contributed by atoms with Crippen LogP contribution in [-0.2, 0) is 33.4 Å². The molecule has 1 N–H and O–H groups in total. The van der Waals surface area contributed by atoms with Gasteiger partial charge in [-0.3, -0.25) is 18.8 Å². The minimum absolute atomic E-state index is 0.0604. The van der Waals surface area contributed by atoms with Gasteiger partial charge in [0.05, 0.1) is 19.0 Å². The van der Waals surface area contributed by atoms with Gasteiger partial charge in [0.2, 0.25) is 0 Å². The fraction of sp³-hybridized carbons (Fsp3) is 0.600. The topological polar surface area (TPSA) is 169 Å². The second-order valence-corrected chi connectivity index (χ2v) is 14.3. The van der Waals surface area contributed by atoms with Gasteiger partial charge in [-0.25, -0.2) is 4.79 Å². The van der Waals surface area contributed by atoms with E-state index in [1.165, 1.54) is 26.1 Å². The average Bonchev–Trinajstić information content (AvgIpc) is 2.90. The highest BCUT2D eigenvalue weighted by Crippen LogP contribution is 2.67. The molecule has 5 rings (SSSR count). The van der Waals surface area contributed by atoms with Gasteiger partial charge in [-0.15, -0.1) is 0 Å². The van der Waals surface area contributed by atoms with Crippen molar-refractivity contribution in [2.24, 2.45) is 22.7 Å². The Morgan fingerprint density at radius 2 is 1.81 bits per heavy atom. The summed E-state index contributed by atoms with van der Waals surface area (Å²) in [5.41, 5.74) is -3.53. The maximum Gasteiger partial charge on any atom is 0.345 e. The Kier molecular flexibility index (Phi) is 7.75. The summed E-state index contributed by atoms with van der Waals surface area (Å²) in [6.07, 6.45) is 1.93. The standard InChI is InChI=1S/C30H37NO11S/c1-16(32)39-22-9-10-28(3)21(29(22,4)15-38-43(6,36)37)13-23(40-17(2)33)30(5)26(28)25(34)24-20(42-30)12-19(41-27(24)35)18-8-7-11-31-14-18/h7-8,11-12,14,21-23,25-26,34H,9-10,13,15H2,1-6H3/t21?,22-,23-,25-,26?,28-,29-,30+/m0/s1. The van der Waals surface area contributed by atoms with Crippen LogP contribution in [-0.4, -0.2) is 61.1 Å². The Morgan fingerprint density at radius 1 is 1.14 bits per heavy atom. The Labute approximate surface area is 249 Å². The van der Waals surface area contributed by atoms with E-state index in [9.17, 15) is 27.9 Å². The number of pyridine rings is 1. The van der Waals surface area contributed by atoms with Gasteiger partial charge in [-0.2, -0.15) is 8.42 Å². The van der Waals surface area contributed by atoms with Gasteiger partial charge in [0.15, 0.2) is 0 Å². The second-order valence-electron chi connectivity index (χ2n) is 12.6. The van der Waals surface area contributed by atoms with Crippen molar-refractivity contribution in [2.75, 3.05) is 12.9 Å². The lowest BCUT2D eigenvalue weighted by Gasteiger charge is -2.66. The molecule has 0 saturated heterocycles. The fourth-order valence-electron chi connectivity index (χ4n) is 8.01. The first kappa shape index (κ1) is 31.1. The van der Waals surface area contributed by atoms with E-state index in [1.54, 1.807) is 32.2 Å². The first-order valence-corrected chi connectivity index (χ1v) is 16.0. The molecule has 2 aliphatic carbocycles. The molecule has 0 aromatic carbocycles. The van der Waals surface area contributed by atoms with Crippen molar-refractivity contribution in [3.05, 3.63) is 46.6 Å². The van der Waals surface area contributed by atoms with Crippen molar-refractivity contribution in [1.82, 2.24) is 4.98 Å². The molecule has 2 fully saturated rings. The SMILES string of the molecule is CC(=O)O[C@H]1CC[C@@]2(C)C(C[C@H](OC(C)=O)[C@@]3(C)Oc4cc(-c5cccnc5)oc(=O)c4[C@H](O)C23)[C@]1(C)COS(C)(=O)=O. The maximum atomic E-state index is 13.4. The van der Waals surface area contributed by atoms with Crippen LogP contribution in [0, 0.1) is 22.7 Å². The van der Waals surface area contributed by atoms with Crippen LogP contribution in [0.15, 0.2) is 39.8 Å². The molecule has 2 saturated carbocycles. The molecule has 3 aliphatic rings. The van der Waals surface area contributed by atoms with Crippen LogP contribution < -0.4 is 10.4 Å². The van der Waals surface area contributed by atoms with Crippen molar-refractivity contribution in [3.63, 3.8) is 0 Å². The van der Waals surface area contributed by atoms with Gasteiger partial charge >= 0.3 is 17.6 Å². The first-order chi connectivity index (χ1) is 20.0. The number of hydrogen-bond acceptors (Lipinski definition) is 12. The molecule has 0 amide bonds. The number of aromatic nitrogens is 1. The lowest BCUT2D eigenvalue weighted by atomic mass is 9.42. The lowest BCUT2D eigenvalue weighted by molar-refractivity contribution is -0.269. The molecule has 0 spiro atoms. The third kappa shape index (κ3) is 5.35. The molecule has 2 aromatic heterocycles. The number of carbonyl (C=O) groups excluding carboxylic acids is 2. The Morgan fingerprint density at radius 3 is 2.42 bits per heavy atom. The van der Waals surface area contributed by atoms with Gasteiger partial charge in [-0.05, 0) is 49.7 Å². The van der Waals surface area contributed by atoms with Crippen LogP contribution in [0.2, 0.25) is 0 Å². The number of carbonyl (C=O) groups is 2. The average molecular weight is 620 g/mol. The molecule has 2 unspecified atom stereocenters. The summed E-state index contributed by atoms with van der Waals surface area (Å²) >= 11 is 0. The fourth-order valence-corrected chi connectivity index (χ4v) is 8.48. The van der Waals surface area contributed by atoms with E-state index in [-0.39, 0.29) is 30.1 Å². The van der Waals surface area contributed by atoms with Crippen LogP contribution in [0.3, 0.4) is 0 Å². The molecule has 2 aromatic rings. The van der Waals surface area contributed by atoms with Crippen molar-refractivity contribution in [2.45, 2.75) is 77.8 Å². The van der Waals surface area contributed by atoms with E-state index in [1.807, 2.05) is 6.92 Å². The van der Waals surface area contributed by atoms with Crippen molar-refractivity contribution in [1.29, 1.82) is 0 Å². The molecule has 43 heavy (non-hydrogen) atoms. The van der Waals surface area contributed by atoms with Crippen molar-refractivity contribution >= 4 is 22.1 Å². The summed E-state index contributed by atoms with van der Waals surface area (Å²) in [6, 6.07) is 4.94. The first-order valence-electron chi connectivity index (χ1n) is 14.1. The zero-order valence-electron chi connectivity index (χ0n) is 25.0. The highest BCUT2D eigenvalue weighted by Gasteiger charge is 2.70. The zero-order valence-corrected chi connectivity index (χ0v) is 25.8. The highest BCUT2D eigenvalue weighted by molar-refractivity contribution is 7.85. The summed E-state index contributed by atoms with van der Waals surface area (Å²) in [5.74, 6) is -2.14. The summed E-state index contributed by atoms with van der Waals surface area (Å²) in [7, 11) is -3.88. The molecule has 13 heteroatoms. The van der Waals surface area contributed by atoms with Gasteiger partial charge in [0.1, 0.15) is 34.9 Å². The number of rotatable bonds is 6. The monoisotopic (exact) mass is 619 g/mol. The van der Waals surface area contributed by atoms with E-state index in [0.717, 1.165) is 6.26 Å². The van der Waals surface area contributed by atoms with E-state index in [2.05, 4.69) is 4.98 Å². The molecular formula is C30H37NO11S. The van der Waals surface area contributed by atoms with Gasteiger partial charge in [-0.1, -0.05) is 13.8 Å². The Bertz CT molecular complexity index is 1590. The number of aliphatic hydroxyl groups excluding tert-OH is 1. The smallest absolute Gasteiger partial charge is 0.345 e. The van der Waals surface area contributed by atoms with E-state index >= 15 is 0 Å². The molecule has 8 atom stereocenters. The van der Waals surface area contributed by atoms with Crippen LogP contribution in [0.1, 0.15) is 65.5 Å². The quantitative estimate of drug-likeness (QED) is 0.371. The van der Waals surface area contributed by atoms with E-state index in [0.29, 0.717) is 18.4 Å². The van der Waals surface area contributed by atoms with Gasteiger partial charge in [0.25, 0.3) is 10.1 Å². The highest BCUT2D eigenvalue weighted by atomic mass is 32.2. The lowest BCUT2D eigenvalue weighted by Crippen LogP contribution is -2.71. The second kappa shape index (κ2) is 10.7. The Balaban J connectivity index is 1.67. The van der Waals surface area contributed by atoms with E-state index < -0.39 is 74.3 Å². The van der Waals surface area contributed by atoms with Gasteiger partial charge in [0, 0.05) is 49.2 Å². The largest absolute Gasteiger partial charge is 0.482 e. The van der Waals surface area contributed by atoms with E-state index in [4.69, 9.17) is 22.8 Å². The molecule has 0 radical (unpaired) electrons. The number of esters is 2.